The second-order valence-electron chi connectivity index (χ2n) is 2.96. The summed E-state index contributed by atoms with van der Waals surface area (Å²) in [6.07, 6.45) is -0.317. The van der Waals surface area contributed by atoms with Crippen molar-refractivity contribution in [3.8, 4) is 0 Å². The fourth-order valence-electron chi connectivity index (χ4n) is 1.06. The highest BCUT2D eigenvalue weighted by molar-refractivity contribution is 6.04. The molecule has 9 nitrogen and oxygen atoms in total. The minimum absolute atomic E-state index is 0.0953. The molecular formula is C8H10N4O5. The summed E-state index contributed by atoms with van der Waals surface area (Å²) in [5, 5.41) is 19.1. The predicted octanol–water partition coefficient (Wildman–Crippen LogP) is 0.320. The molecular weight excluding hydrogens is 232 g/mol. The van der Waals surface area contributed by atoms with E-state index in [4.69, 9.17) is 10.2 Å². The monoisotopic (exact) mass is 242 g/mol. The van der Waals surface area contributed by atoms with Crippen molar-refractivity contribution in [3.05, 3.63) is 18.2 Å². The van der Waals surface area contributed by atoms with Gasteiger partial charge in [-0.3, -0.25) is 0 Å². The maximum Gasteiger partial charge on any atom is 0.425 e. The molecule has 0 aliphatic rings. The topological polar surface area (TPSA) is 136 Å². The van der Waals surface area contributed by atoms with Crippen LogP contribution >= 0.6 is 0 Å². The molecule has 0 fully saturated rings. The number of H-pyrrole nitrogens is 1. The maximum absolute atomic E-state index is 11.2. The van der Waals surface area contributed by atoms with Gasteiger partial charge < -0.3 is 20.5 Å². The number of nitrogens with one attached hydrogen (secondary N) is 2. The lowest BCUT2D eigenvalue weighted by Gasteiger charge is -2.12. The summed E-state index contributed by atoms with van der Waals surface area (Å²) in [6, 6.07) is -1.20. The van der Waals surface area contributed by atoms with Gasteiger partial charge in [-0.25, -0.2) is 19.4 Å². The Balaban J connectivity index is 2.43. The number of hydrogen-bond donors (Lipinski definition) is 4. The van der Waals surface area contributed by atoms with Crippen LogP contribution < -0.4 is 5.32 Å². The normalized spacial score (nSPS) is 9.65. The molecule has 0 aliphatic heterocycles. The van der Waals surface area contributed by atoms with E-state index < -0.39 is 18.2 Å². The van der Waals surface area contributed by atoms with Crippen molar-refractivity contribution in [2.75, 3.05) is 6.54 Å². The van der Waals surface area contributed by atoms with E-state index in [1.165, 1.54) is 12.5 Å². The van der Waals surface area contributed by atoms with E-state index >= 15 is 0 Å². The molecule has 1 heterocycles. The largest absolute Gasteiger partial charge is 0.464 e. The number of imide groups is 3. The highest BCUT2D eigenvalue weighted by atomic mass is 16.4. The lowest BCUT2D eigenvalue weighted by Crippen LogP contribution is -2.46. The molecule has 1 aromatic rings. The van der Waals surface area contributed by atoms with Crippen LogP contribution in [0, 0.1) is 0 Å². The molecule has 0 atom stereocenters. The predicted molar refractivity (Wildman–Crippen MR) is 53.6 cm³/mol. The zero-order chi connectivity index (χ0) is 12.8. The van der Waals surface area contributed by atoms with Crippen LogP contribution in [0.5, 0.6) is 0 Å². The lowest BCUT2D eigenvalue weighted by molar-refractivity contribution is 0.129. The van der Waals surface area contributed by atoms with Gasteiger partial charge in [0.1, 0.15) is 0 Å². The highest BCUT2D eigenvalue weighted by Gasteiger charge is 2.27. The van der Waals surface area contributed by atoms with Crippen molar-refractivity contribution in [2.45, 2.75) is 6.42 Å². The van der Waals surface area contributed by atoms with Crippen LogP contribution in [0.15, 0.2) is 12.5 Å². The van der Waals surface area contributed by atoms with E-state index in [0.29, 0.717) is 6.42 Å². The lowest BCUT2D eigenvalue weighted by atomic mass is 10.3. The molecule has 92 valence electrons. The van der Waals surface area contributed by atoms with Crippen LogP contribution in [0.1, 0.15) is 5.69 Å². The van der Waals surface area contributed by atoms with E-state index in [1.807, 2.05) is 0 Å². The Morgan fingerprint density at radius 3 is 2.47 bits per heavy atom. The number of urea groups is 1. The van der Waals surface area contributed by atoms with Crippen molar-refractivity contribution in [3.63, 3.8) is 0 Å². The van der Waals surface area contributed by atoms with E-state index in [0.717, 1.165) is 5.69 Å². The van der Waals surface area contributed by atoms with Crippen LogP contribution in [0.4, 0.5) is 14.4 Å². The van der Waals surface area contributed by atoms with Gasteiger partial charge in [0.15, 0.2) is 0 Å². The Morgan fingerprint density at radius 1 is 1.35 bits per heavy atom. The summed E-state index contributed by atoms with van der Waals surface area (Å²) in [5.41, 5.74) is 0.738. The van der Waals surface area contributed by atoms with Crippen LogP contribution in [0.25, 0.3) is 0 Å². The molecule has 0 aromatic carbocycles. The van der Waals surface area contributed by atoms with Gasteiger partial charge in [0, 0.05) is 24.9 Å². The van der Waals surface area contributed by atoms with Crippen LogP contribution in [0.2, 0.25) is 0 Å². The van der Waals surface area contributed by atoms with E-state index in [2.05, 4.69) is 15.3 Å². The molecule has 0 saturated heterocycles. The molecule has 0 bridgehead atoms. The number of rotatable bonds is 3. The van der Waals surface area contributed by atoms with Gasteiger partial charge in [-0.15, -0.1) is 4.90 Å². The van der Waals surface area contributed by atoms with Crippen LogP contribution in [-0.4, -0.2) is 49.8 Å². The van der Waals surface area contributed by atoms with Gasteiger partial charge in [0.05, 0.1) is 6.33 Å². The number of aromatic nitrogens is 2. The molecule has 1 aromatic heterocycles. The Bertz CT molecular complexity index is 402. The molecule has 0 spiro atoms. The minimum Gasteiger partial charge on any atom is -0.464 e. The summed E-state index contributed by atoms with van der Waals surface area (Å²) in [4.78, 5) is 38.3. The van der Waals surface area contributed by atoms with Crippen molar-refractivity contribution >= 4 is 18.2 Å². The zero-order valence-electron chi connectivity index (χ0n) is 8.58. The molecule has 1 rings (SSSR count). The maximum atomic E-state index is 11.2. The highest BCUT2D eigenvalue weighted by Crippen LogP contribution is 1.94. The third-order valence-corrected chi connectivity index (χ3v) is 1.81. The Hall–Kier alpha value is -2.58. The van der Waals surface area contributed by atoms with Gasteiger partial charge >= 0.3 is 18.2 Å². The number of nitrogens with zero attached hydrogens (tertiary/aromatic N) is 2. The quantitative estimate of drug-likeness (QED) is 0.602. The fraction of sp³-hybridized carbons (Fsp3) is 0.250. The molecule has 0 radical (unpaired) electrons. The third-order valence-electron chi connectivity index (χ3n) is 1.81. The number of carbonyl (C=O) groups excluding carboxylic acids is 1. The Kier molecular flexibility index (Phi) is 4.03. The Labute approximate surface area is 95.1 Å². The molecule has 0 unspecified atom stereocenters. The van der Waals surface area contributed by atoms with Gasteiger partial charge in [-0.2, -0.15) is 0 Å². The summed E-state index contributed by atoms with van der Waals surface area (Å²) >= 11 is 0. The van der Waals surface area contributed by atoms with Crippen molar-refractivity contribution in [1.29, 1.82) is 0 Å². The fourth-order valence-corrected chi connectivity index (χ4v) is 1.06. The number of imidazole rings is 1. The second kappa shape index (κ2) is 5.49. The number of carboxylic acid groups (broad SMARTS) is 2. The molecule has 0 aliphatic carbocycles. The van der Waals surface area contributed by atoms with Crippen molar-refractivity contribution in [2.24, 2.45) is 0 Å². The Morgan fingerprint density at radius 2 is 2.00 bits per heavy atom. The molecule has 17 heavy (non-hydrogen) atoms. The van der Waals surface area contributed by atoms with Gasteiger partial charge in [-0.05, 0) is 0 Å². The molecule has 4 amide bonds. The van der Waals surface area contributed by atoms with Crippen LogP contribution in [0.3, 0.4) is 0 Å². The van der Waals surface area contributed by atoms with Gasteiger partial charge in [0.25, 0.3) is 0 Å². The summed E-state index contributed by atoms with van der Waals surface area (Å²) in [6.45, 7) is 0.0953. The first-order valence-electron chi connectivity index (χ1n) is 4.53. The summed E-state index contributed by atoms with van der Waals surface area (Å²) in [5.74, 6) is 0. The first-order chi connectivity index (χ1) is 8.02. The third kappa shape index (κ3) is 3.48. The smallest absolute Gasteiger partial charge is 0.425 e. The summed E-state index contributed by atoms with van der Waals surface area (Å²) in [7, 11) is 0. The van der Waals surface area contributed by atoms with Gasteiger partial charge in [-0.1, -0.05) is 0 Å². The van der Waals surface area contributed by atoms with E-state index in [-0.39, 0.29) is 11.4 Å². The average molecular weight is 242 g/mol. The number of hydrogen-bond acceptors (Lipinski definition) is 4. The SMILES string of the molecule is O=C(O)N(C(=O)O)C(=O)NCCc1cnc[nH]1. The standard InChI is InChI=1S/C8H10N4O5/c13-6(12(7(14)15)8(16)17)10-2-1-5-3-9-4-11-5/h3-4H,1-2H2,(H,9,11)(H,10,13)(H,14,15)(H,16,17). The van der Waals surface area contributed by atoms with E-state index in [9.17, 15) is 14.4 Å². The van der Waals surface area contributed by atoms with Crippen LogP contribution in [-0.2, 0) is 6.42 Å². The van der Waals surface area contributed by atoms with Crippen molar-refractivity contribution in [1.82, 2.24) is 20.2 Å². The van der Waals surface area contributed by atoms with Gasteiger partial charge in [0.2, 0.25) is 0 Å². The first kappa shape index (κ1) is 12.5. The van der Waals surface area contributed by atoms with Crippen molar-refractivity contribution < 1.29 is 24.6 Å². The first-order valence-corrected chi connectivity index (χ1v) is 4.53. The molecule has 4 N–H and O–H groups in total. The zero-order valence-corrected chi connectivity index (χ0v) is 8.58. The second-order valence-corrected chi connectivity index (χ2v) is 2.96. The number of carbonyl (C=O) groups is 3. The van der Waals surface area contributed by atoms with E-state index in [1.54, 1.807) is 0 Å². The molecule has 9 heteroatoms. The average Bonchev–Trinajstić information content (AvgIpc) is 2.69. The number of amides is 4. The molecule has 0 saturated carbocycles. The number of aromatic amines is 1. The summed E-state index contributed by atoms with van der Waals surface area (Å²) < 4.78 is 0. The minimum atomic E-state index is -1.85.